The predicted molar refractivity (Wildman–Crippen MR) is 184 cm³/mol. The highest BCUT2D eigenvalue weighted by Crippen LogP contribution is 2.37. The van der Waals surface area contributed by atoms with Crippen LogP contribution < -0.4 is 0 Å². The lowest BCUT2D eigenvalue weighted by Gasteiger charge is -2.21. The summed E-state index contributed by atoms with van der Waals surface area (Å²) in [5.41, 5.74) is 0.966. The van der Waals surface area contributed by atoms with Crippen molar-refractivity contribution in [1.29, 1.82) is 0 Å². The number of non-ortho nitro benzene ring substituents is 1. The first-order valence-electron chi connectivity index (χ1n) is 17.5. The van der Waals surface area contributed by atoms with Crippen molar-refractivity contribution < 1.29 is 33.8 Å². The molecule has 49 heavy (non-hydrogen) atoms. The number of carbonyl (C=O) groups is 4. The highest BCUT2D eigenvalue weighted by atomic mass is 16.7. The van der Waals surface area contributed by atoms with E-state index in [1.807, 2.05) is 0 Å². The number of ketones is 2. The SMILES string of the molecule is C/C(=N\OC(=O)C1CCCC1)C(=O)c1cc([N+](=O)[O-])c2c(c1)c1cc(C(=O)/C(CC3CCCCC3)=N/OC(=O)C3CCCC3)ccc1n2C. The fraction of sp³-hybridized carbons (Fsp3) is 0.514. The normalized spacial score (nSPS) is 18.3. The second-order valence-electron chi connectivity index (χ2n) is 13.8. The molecular weight excluding hydrogens is 628 g/mol. The average Bonchev–Trinajstić information content (AvgIpc) is 3.91. The predicted octanol–water partition coefficient (Wildman–Crippen LogP) is 7.77. The van der Waals surface area contributed by atoms with Gasteiger partial charge in [0.05, 0.1) is 16.8 Å². The number of hydrogen-bond acceptors (Lipinski definition) is 10. The van der Waals surface area contributed by atoms with Crippen LogP contribution in [0.25, 0.3) is 21.8 Å². The molecule has 3 fully saturated rings. The van der Waals surface area contributed by atoms with E-state index in [0.717, 1.165) is 83.5 Å². The Balaban J connectivity index is 1.35. The number of nitro groups is 1. The number of rotatable bonds is 11. The molecule has 2 aromatic carbocycles. The highest BCUT2D eigenvalue weighted by Gasteiger charge is 2.29. The Hall–Kier alpha value is -4.74. The van der Waals surface area contributed by atoms with Crippen molar-refractivity contribution in [1.82, 2.24) is 4.57 Å². The molecule has 0 N–H and O–H groups in total. The third kappa shape index (κ3) is 7.33. The van der Waals surface area contributed by atoms with Crippen molar-refractivity contribution in [2.45, 2.75) is 96.8 Å². The van der Waals surface area contributed by atoms with E-state index >= 15 is 0 Å². The quantitative estimate of drug-likeness (QED) is 0.0657. The van der Waals surface area contributed by atoms with Crippen molar-refractivity contribution >= 4 is 62.4 Å². The van der Waals surface area contributed by atoms with Crippen molar-refractivity contribution in [3.8, 4) is 0 Å². The Kier molecular flexibility index (Phi) is 10.3. The number of nitro benzene ring substituents is 1. The number of carbonyl (C=O) groups excluding carboxylic acids is 4. The second kappa shape index (κ2) is 14.8. The van der Waals surface area contributed by atoms with Crippen molar-refractivity contribution in [2.24, 2.45) is 35.1 Å². The van der Waals surface area contributed by atoms with Gasteiger partial charge in [0.2, 0.25) is 11.6 Å². The van der Waals surface area contributed by atoms with Gasteiger partial charge >= 0.3 is 11.9 Å². The lowest BCUT2D eigenvalue weighted by molar-refractivity contribution is -0.383. The van der Waals surface area contributed by atoms with Crippen LogP contribution in [0.1, 0.15) is 118 Å². The summed E-state index contributed by atoms with van der Waals surface area (Å²) >= 11 is 0. The maximum Gasteiger partial charge on any atom is 0.338 e. The van der Waals surface area contributed by atoms with Gasteiger partial charge in [-0.25, -0.2) is 9.59 Å². The zero-order valence-corrected chi connectivity index (χ0v) is 28.1. The number of aromatic nitrogens is 1. The number of hydrogen-bond donors (Lipinski definition) is 0. The molecule has 0 spiro atoms. The molecular formula is C37H42N4O8. The smallest absolute Gasteiger partial charge is 0.338 e. The fourth-order valence-electron chi connectivity index (χ4n) is 7.69. The van der Waals surface area contributed by atoms with E-state index in [1.165, 1.54) is 13.0 Å². The molecule has 0 atom stereocenters. The largest absolute Gasteiger partial charge is 0.338 e. The highest BCUT2D eigenvalue weighted by molar-refractivity contribution is 6.47. The summed E-state index contributed by atoms with van der Waals surface area (Å²) in [4.78, 5) is 74.8. The van der Waals surface area contributed by atoms with Crippen molar-refractivity contribution in [3.05, 3.63) is 51.6 Å². The first-order valence-corrected chi connectivity index (χ1v) is 17.5. The summed E-state index contributed by atoms with van der Waals surface area (Å²) in [6.45, 7) is 1.40. The van der Waals surface area contributed by atoms with Crippen LogP contribution in [0.3, 0.4) is 0 Å². The number of Topliss-reactive ketones (excluding diaryl/α,β-unsaturated/α-hetero) is 2. The lowest BCUT2D eigenvalue weighted by Crippen LogP contribution is -2.22. The Bertz CT molecular complexity index is 1870. The van der Waals surface area contributed by atoms with Crippen LogP contribution in [-0.4, -0.2) is 44.4 Å². The summed E-state index contributed by atoms with van der Waals surface area (Å²) in [5.74, 6) is -2.10. The van der Waals surface area contributed by atoms with Crippen LogP contribution in [0.5, 0.6) is 0 Å². The molecule has 0 unspecified atom stereocenters. The Labute approximate surface area is 284 Å². The molecule has 3 aliphatic rings. The van der Waals surface area contributed by atoms with Crippen LogP contribution in [-0.2, 0) is 26.3 Å². The molecule has 3 aromatic rings. The van der Waals surface area contributed by atoms with Crippen LogP contribution in [0, 0.1) is 27.9 Å². The standard InChI is InChI=1S/C37H42N4O8/c1-22(38-48-36(44)24-12-6-7-13-24)34(42)27-20-29-28-19-26(16-17-31(28)40(2)33(29)32(21-27)41(46)47)35(43)30(18-23-10-4-3-5-11-23)39-49-37(45)25-14-8-9-15-25/h16-17,19-21,23-25H,3-15,18H2,1-2H3/b38-22+,39-30+. The molecule has 3 aliphatic carbocycles. The van der Waals surface area contributed by atoms with Crippen LogP contribution in [0.2, 0.25) is 0 Å². The van der Waals surface area contributed by atoms with Crippen molar-refractivity contribution in [3.63, 3.8) is 0 Å². The van der Waals surface area contributed by atoms with Gasteiger partial charge in [0, 0.05) is 40.5 Å². The number of oxime groups is 2. The molecule has 0 saturated heterocycles. The van der Waals surface area contributed by atoms with E-state index in [-0.39, 0.29) is 51.7 Å². The van der Waals surface area contributed by atoms with E-state index in [0.29, 0.717) is 28.3 Å². The minimum absolute atomic E-state index is 0.0000277. The van der Waals surface area contributed by atoms with Gasteiger partial charge < -0.3 is 14.2 Å². The van der Waals surface area contributed by atoms with Gasteiger partial charge in [-0.05, 0) is 69.2 Å². The molecule has 258 valence electrons. The zero-order valence-electron chi connectivity index (χ0n) is 28.1. The summed E-state index contributed by atoms with van der Waals surface area (Å²) in [5, 5.41) is 21.2. The topological polar surface area (TPSA) is 160 Å². The van der Waals surface area contributed by atoms with E-state index < -0.39 is 22.6 Å². The zero-order chi connectivity index (χ0) is 34.7. The monoisotopic (exact) mass is 670 g/mol. The minimum Gasteiger partial charge on any atom is -0.338 e. The number of nitrogens with zero attached hydrogens (tertiary/aromatic N) is 4. The van der Waals surface area contributed by atoms with Gasteiger partial charge in [-0.2, -0.15) is 0 Å². The molecule has 3 saturated carbocycles. The van der Waals surface area contributed by atoms with Crippen molar-refractivity contribution in [2.75, 3.05) is 0 Å². The molecule has 12 heteroatoms. The van der Waals surface area contributed by atoms with Gasteiger partial charge in [-0.15, -0.1) is 0 Å². The molecule has 0 bridgehead atoms. The minimum atomic E-state index is -0.626. The summed E-state index contributed by atoms with van der Waals surface area (Å²) < 4.78 is 1.66. The Morgan fingerprint density at radius 2 is 1.35 bits per heavy atom. The third-order valence-corrected chi connectivity index (χ3v) is 10.5. The molecule has 0 aliphatic heterocycles. The van der Waals surface area contributed by atoms with Crippen LogP contribution in [0.4, 0.5) is 5.69 Å². The molecule has 0 radical (unpaired) electrons. The first-order chi connectivity index (χ1) is 23.6. The summed E-state index contributed by atoms with van der Waals surface area (Å²) in [6.07, 6.45) is 12.4. The third-order valence-electron chi connectivity index (χ3n) is 10.5. The van der Waals surface area contributed by atoms with E-state index in [9.17, 15) is 29.3 Å². The van der Waals surface area contributed by atoms with Gasteiger partial charge in [-0.3, -0.25) is 19.7 Å². The van der Waals surface area contributed by atoms with Gasteiger partial charge in [0.25, 0.3) is 5.69 Å². The number of fused-ring (bicyclic) bond motifs is 3. The molecule has 1 aromatic heterocycles. The Morgan fingerprint density at radius 1 is 0.776 bits per heavy atom. The molecule has 6 rings (SSSR count). The maximum absolute atomic E-state index is 14.1. The first kappa shape index (κ1) is 34.1. The number of aryl methyl sites for hydroxylation is 1. The fourth-order valence-corrected chi connectivity index (χ4v) is 7.69. The van der Waals surface area contributed by atoms with Gasteiger partial charge in [0.1, 0.15) is 16.9 Å². The van der Waals surface area contributed by atoms with Gasteiger partial charge in [-0.1, -0.05) is 68.1 Å². The van der Waals surface area contributed by atoms with Crippen LogP contribution in [0.15, 0.2) is 40.6 Å². The maximum atomic E-state index is 14.1. The summed E-state index contributed by atoms with van der Waals surface area (Å²) in [7, 11) is 1.69. The number of benzene rings is 2. The van der Waals surface area contributed by atoms with E-state index in [1.54, 1.807) is 35.9 Å². The Morgan fingerprint density at radius 3 is 1.96 bits per heavy atom. The van der Waals surface area contributed by atoms with Crippen LogP contribution >= 0.6 is 0 Å². The van der Waals surface area contributed by atoms with Gasteiger partial charge in [0.15, 0.2) is 0 Å². The van der Waals surface area contributed by atoms with E-state index in [2.05, 4.69) is 10.3 Å². The lowest BCUT2D eigenvalue weighted by atomic mass is 9.84. The molecule has 0 amide bonds. The summed E-state index contributed by atoms with van der Waals surface area (Å²) in [6, 6.07) is 7.75. The molecule has 1 heterocycles. The second-order valence-corrected chi connectivity index (χ2v) is 13.8. The van der Waals surface area contributed by atoms with E-state index in [4.69, 9.17) is 9.68 Å². The average molecular weight is 671 g/mol. The molecule has 12 nitrogen and oxygen atoms in total.